The van der Waals surface area contributed by atoms with Crippen LogP contribution in [-0.4, -0.2) is 23.2 Å². The summed E-state index contributed by atoms with van der Waals surface area (Å²) in [5.41, 5.74) is 3.22. The number of ketones is 1. The first-order valence-corrected chi connectivity index (χ1v) is 10.3. The van der Waals surface area contributed by atoms with Gasteiger partial charge in [0, 0.05) is 29.0 Å². The van der Waals surface area contributed by atoms with Crippen LogP contribution in [0.5, 0.6) is 5.75 Å². The molecule has 0 saturated carbocycles. The fraction of sp³-hybridized carbons (Fsp3) is 0.0833. The smallest absolute Gasteiger partial charge is 0.265 e. The number of pyridine rings is 1. The van der Waals surface area contributed by atoms with Gasteiger partial charge in [0.25, 0.3) is 5.91 Å². The van der Waals surface area contributed by atoms with Crippen LogP contribution in [-0.2, 0) is 0 Å². The van der Waals surface area contributed by atoms with E-state index in [0.717, 1.165) is 21.2 Å². The molecule has 1 aliphatic rings. The Labute approximate surface area is 177 Å². The number of para-hydroxylation sites is 2. The number of rotatable bonds is 3. The molecule has 0 fully saturated rings. The third kappa shape index (κ3) is 2.80. The largest absolute Gasteiger partial charge is 0.497 e. The lowest BCUT2D eigenvalue weighted by Gasteiger charge is -2.31. The highest BCUT2D eigenvalue weighted by atomic mass is 32.2. The summed E-state index contributed by atoms with van der Waals surface area (Å²) in [4.78, 5) is 29.9. The van der Waals surface area contributed by atoms with Crippen molar-refractivity contribution in [3.8, 4) is 5.75 Å². The molecule has 5 nitrogen and oxygen atoms in total. The molecule has 0 atom stereocenters. The van der Waals surface area contributed by atoms with E-state index in [1.54, 1.807) is 52.6 Å². The van der Waals surface area contributed by atoms with Crippen LogP contribution >= 0.6 is 11.8 Å². The lowest BCUT2D eigenvalue weighted by Crippen LogP contribution is -2.28. The average molecular weight is 414 g/mol. The fourth-order valence-electron chi connectivity index (χ4n) is 3.79. The summed E-state index contributed by atoms with van der Waals surface area (Å²) in [5.74, 6) is 0.331. The van der Waals surface area contributed by atoms with Gasteiger partial charge in [-0.15, -0.1) is 0 Å². The number of benzene rings is 2. The molecule has 3 heterocycles. The second-order valence-electron chi connectivity index (χ2n) is 7.00. The number of fused-ring (bicyclic) bond motifs is 3. The van der Waals surface area contributed by atoms with Crippen LogP contribution in [0.1, 0.15) is 27.8 Å². The van der Waals surface area contributed by atoms with Crippen molar-refractivity contribution in [1.82, 2.24) is 4.40 Å². The molecule has 2 aromatic carbocycles. The Hall–Kier alpha value is -3.51. The van der Waals surface area contributed by atoms with Crippen molar-refractivity contribution in [1.29, 1.82) is 0 Å². The van der Waals surface area contributed by atoms with Gasteiger partial charge in [-0.2, -0.15) is 0 Å². The number of aromatic nitrogens is 1. The average Bonchev–Trinajstić information content (AvgIpc) is 3.16. The van der Waals surface area contributed by atoms with Gasteiger partial charge in [0.05, 0.1) is 35.3 Å². The minimum Gasteiger partial charge on any atom is -0.497 e. The van der Waals surface area contributed by atoms with Crippen LogP contribution in [0.25, 0.3) is 5.52 Å². The van der Waals surface area contributed by atoms with Crippen molar-refractivity contribution in [2.75, 3.05) is 12.0 Å². The molecule has 1 aliphatic heterocycles. The Morgan fingerprint density at radius 1 is 0.900 bits per heavy atom. The van der Waals surface area contributed by atoms with Gasteiger partial charge in [0.1, 0.15) is 5.75 Å². The minimum atomic E-state index is -0.187. The van der Waals surface area contributed by atoms with Crippen molar-refractivity contribution in [3.05, 3.63) is 84.2 Å². The number of carbonyl (C=O) groups excluding carboxylic acids is 2. The van der Waals surface area contributed by atoms with E-state index in [-0.39, 0.29) is 11.7 Å². The fourth-order valence-corrected chi connectivity index (χ4v) is 4.85. The SMILES string of the molecule is COc1ccn2c(C(C)=O)cc(C(=O)N3c4ccccc4Sc4ccccc43)c2c1. The monoisotopic (exact) mass is 414 g/mol. The molecule has 1 amide bonds. The molecule has 0 unspecified atom stereocenters. The zero-order valence-electron chi connectivity index (χ0n) is 16.5. The second-order valence-corrected chi connectivity index (χ2v) is 8.08. The molecular weight excluding hydrogens is 396 g/mol. The topological polar surface area (TPSA) is 51.0 Å². The number of hydrogen-bond acceptors (Lipinski definition) is 4. The van der Waals surface area contributed by atoms with Crippen molar-refractivity contribution in [2.45, 2.75) is 16.7 Å². The number of Topliss-reactive ketones (excluding diaryl/α,β-unsaturated/α-hetero) is 1. The van der Waals surface area contributed by atoms with Crippen LogP contribution in [0, 0.1) is 0 Å². The van der Waals surface area contributed by atoms with E-state index >= 15 is 0 Å². The minimum absolute atomic E-state index is 0.107. The van der Waals surface area contributed by atoms with E-state index < -0.39 is 0 Å². The van der Waals surface area contributed by atoms with E-state index in [4.69, 9.17) is 4.74 Å². The molecule has 4 aromatic rings. The highest BCUT2D eigenvalue weighted by Gasteiger charge is 2.31. The predicted molar refractivity (Wildman–Crippen MR) is 117 cm³/mol. The van der Waals surface area contributed by atoms with Gasteiger partial charge in [-0.3, -0.25) is 14.5 Å². The second kappa shape index (κ2) is 7.07. The van der Waals surface area contributed by atoms with Crippen LogP contribution in [0.3, 0.4) is 0 Å². The highest BCUT2D eigenvalue weighted by molar-refractivity contribution is 7.99. The number of hydrogen-bond donors (Lipinski definition) is 0. The number of anilines is 2. The standard InChI is InChI=1S/C24H18N2O3S/c1-15(27)20-14-17(21-13-16(29-2)11-12-25(20)21)24(28)26-18-7-3-5-9-22(18)30-23-10-6-4-8-19(23)26/h3-14H,1-2H3. The van der Waals surface area contributed by atoms with Crippen molar-refractivity contribution < 1.29 is 14.3 Å². The predicted octanol–water partition coefficient (Wildman–Crippen LogP) is 5.59. The van der Waals surface area contributed by atoms with Gasteiger partial charge in [-0.25, -0.2) is 0 Å². The zero-order valence-corrected chi connectivity index (χ0v) is 17.3. The molecular formula is C24H18N2O3S. The molecule has 0 spiro atoms. The van der Waals surface area contributed by atoms with E-state index in [2.05, 4.69) is 0 Å². The maximum absolute atomic E-state index is 13.9. The summed E-state index contributed by atoms with van der Waals surface area (Å²) in [6.07, 6.45) is 1.76. The third-order valence-corrected chi connectivity index (χ3v) is 6.34. The van der Waals surface area contributed by atoms with E-state index in [9.17, 15) is 9.59 Å². The Morgan fingerprint density at radius 3 is 2.13 bits per heavy atom. The molecule has 0 bridgehead atoms. The molecule has 0 saturated heterocycles. The van der Waals surface area contributed by atoms with Crippen molar-refractivity contribution >= 4 is 40.3 Å². The van der Waals surface area contributed by atoms with E-state index in [1.165, 1.54) is 6.92 Å². The van der Waals surface area contributed by atoms with E-state index in [1.807, 2.05) is 48.5 Å². The third-order valence-electron chi connectivity index (χ3n) is 5.21. The van der Waals surface area contributed by atoms with Gasteiger partial charge >= 0.3 is 0 Å². The number of nitrogens with zero attached hydrogens (tertiary/aromatic N) is 2. The summed E-state index contributed by atoms with van der Waals surface area (Å²) >= 11 is 1.65. The lowest BCUT2D eigenvalue weighted by atomic mass is 10.1. The molecule has 148 valence electrons. The van der Waals surface area contributed by atoms with Crippen molar-refractivity contribution in [3.63, 3.8) is 0 Å². The lowest BCUT2D eigenvalue weighted by molar-refractivity contribution is 0.0998. The number of methoxy groups -OCH3 is 1. The quantitative estimate of drug-likeness (QED) is 0.410. The number of ether oxygens (including phenoxy) is 1. The molecule has 2 aromatic heterocycles. The summed E-state index contributed by atoms with van der Waals surface area (Å²) < 4.78 is 7.10. The van der Waals surface area contributed by atoms with Gasteiger partial charge < -0.3 is 9.14 Å². The first-order chi connectivity index (χ1) is 14.6. The molecule has 0 aliphatic carbocycles. The molecule has 5 rings (SSSR count). The highest BCUT2D eigenvalue weighted by Crippen LogP contribution is 2.48. The zero-order chi connectivity index (χ0) is 20.8. The molecule has 0 N–H and O–H groups in total. The van der Waals surface area contributed by atoms with Crippen molar-refractivity contribution in [2.24, 2.45) is 0 Å². The summed E-state index contributed by atoms with van der Waals surface area (Å²) in [5, 5.41) is 0. The number of amides is 1. The molecule has 6 heteroatoms. The van der Waals surface area contributed by atoms with Gasteiger partial charge in [0.15, 0.2) is 5.78 Å². The van der Waals surface area contributed by atoms with Crippen LogP contribution < -0.4 is 9.64 Å². The summed E-state index contributed by atoms with van der Waals surface area (Å²) in [6, 6.07) is 20.9. The molecule has 30 heavy (non-hydrogen) atoms. The van der Waals surface area contributed by atoms with Gasteiger partial charge in [-0.05, 0) is 36.4 Å². The summed E-state index contributed by atoms with van der Waals surface area (Å²) in [6.45, 7) is 1.50. The van der Waals surface area contributed by atoms with Crippen LogP contribution in [0.15, 0.2) is 82.7 Å². The van der Waals surface area contributed by atoms with Crippen LogP contribution in [0.2, 0.25) is 0 Å². The van der Waals surface area contributed by atoms with E-state index in [0.29, 0.717) is 22.5 Å². The first-order valence-electron chi connectivity index (χ1n) is 9.49. The Balaban J connectivity index is 1.75. The van der Waals surface area contributed by atoms with Gasteiger partial charge in [-0.1, -0.05) is 36.0 Å². The van der Waals surface area contributed by atoms with Gasteiger partial charge in [0.2, 0.25) is 0 Å². The first kappa shape index (κ1) is 18.5. The Kier molecular flexibility index (Phi) is 4.37. The Bertz CT molecular complexity index is 1280. The maximum Gasteiger partial charge on any atom is 0.265 e. The molecule has 0 radical (unpaired) electrons. The number of carbonyl (C=O) groups is 2. The maximum atomic E-state index is 13.9. The van der Waals surface area contributed by atoms with Crippen LogP contribution in [0.4, 0.5) is 11.4 Å². The Morgan fingerprint density at radius 2 is 1.53 bits per heavy atom. The summed E-state index contributed by atoms with van der Waals surface area (Å²) in [7, 11) is 1.58. The normalized spacial score (nSPS) is 12.4.